The molecule has 3 heteroatoms. The third-order valence-electron chi connectivity index (χ3n) is 9.82. The molecule has 2 saturated carbocycles. The fourth-order valence-electron chi connectivity index (χ4n) is 7.51. The lowest BCUT2D eigenvalue weighted by Crippen LogP contribution is -2.50. The van der Waals surface area contributed by atoms with Crippen molar-refractivity contribution in [2.45, 2.75) is 98.5 Å². The van der Waals surface area contributed by atoms with Crippen molar-refractivity contribution in [2.24, 2.45) is 40.4 Å². The number of allylic oxidation sites excluding steroid dienone is 3. The first-order valence-electron chi connectivity index (χ1n) is 12.4. The van der Waals surface area contributed by atoms with E-state index in [1.54, 1.807) is 0 Å². The van der Waals surface area contributed by atoms with Crippen molar-refractivity contribution in [3.05, 3.63) is 23.5 Å². The van der Waals surface area contributed by atoms with E-state index >= 15 is 0 Å². The van der Waals surface area contributed by atoms with Crippen LogP contribution in [0.4, 0.5) is 0 Å². The van der Waals surface area contributed by atoms with E-state index < -0.39 is 0 Å². The van der Waals surface area contributed by atoms with Crippen molar-refractivity contribution in [1.29, 1.82) is 0 Å². The van der Waals surface area contributed by atoms with Crippen LogP contribution in [0.15, 0.2) is 23.5 Å². The van der Waals surface area contributed by atoms with Crippen LogP contribution in [-0.4, -0.2) is 17.2 Å². The van der Waals surface area contributed by atoms with Gasteiger partial charge in [0.1, 0.15) is 5.76 Å². The zero-order valence-electron chi connectivity index (χ0n) is 19.8. The monoisotopic (exact) mass is 414 g/mol. The maximum Gasteiger partial charge on any atom is 0.315 e. The number of aliphatic hydroxyl groups excluding tert-OH is 1. The van der Waals surface area contributed by atoms with Gasteiger partial charge in [0.15, 0.2) is 0 Å². The fraction of sp³-hybridized carbons (Fsp3) is 0.815. The lowest BCUT2D eigenvalue weighted by molar-refractivity contribution is -0.159. The first kappa shape index (κ1) is 22.1. The van der Waals surface area contributed by atoms with Crippen LogP contribution in [0.25, 0.3) is 0 Å². The van der Waals surface area contributed by atoms with Gasteiger partial charge >= 0.3 is 5.97 Å². The Morgan fingerprint density at radius 1 is 1.17 bits per heavy atom. The predicted octanol–water partition coefficient (Wildman–Crippen LogP) is 6.42. The Kier molecular flexibility index (Phi) is 5.75. The molecule has 0 radical (unpaired) electrons. The van der Waals surface area contributed by atoms with E-state index in [4.69, 9.17) is 4.74 Å². The molecule has 4 aliphatic rings. The molecule has 0 saturated heterocycles. The van der Waals surface area contributed by atoms with Gasteiger partial charge in [0, 0.05) is 11.3 Å². The second kappa shape index (κ2) is 7.80. The summed E-state index contributed by atoms with van der Waals surface area (Å²) in [5.74, 6) is 3.11. The number of rotatable bonds is 5. The summed E-state index contributed by atoms with van der Waals surface area (Å²) in [5.41, 5.74) is 2.91. The summed E-state index contributed by atoms with van der Waals surface area (Å²) in [6, 6.07) is 0. The minimum Gasteiger partial charge on any atom is -0.431 e. The Morgan fingerprint density at radius 2 is 1.90 bits per heavy atom. The molecule has 3 aliphatic carbocycles. The molecule has 1 N–H and O–H groups in total. The Hall–Kier alpha value is -1.09. The second-order valence-corrected chi connectivity index (χ2v) is 11.7. The molecule has 0 bridgehead atoms. The third kappa shape index (κ3) is 3.40. The molecule has 168 valence electrons. The summed E-state index contributed by atoms with van der Waals surface area (Å²) in [6.07, 6.45) is 8.91. The highest BCUT2D eigenvalue weighted by Gasteiger charge is 2.59. The minimum atomic E-state index is -0.357. The van der Waals surface area contributed by atoms with Crippen LogP contribution in [0, 0.1) is 40.4 Å². The molecule has 7 atom stereocenters. The van der Waals surface area contributed by atoms with Gasteiger partial charge in [0.05, 0.1) is 12.0 Å². The van der Waals surface area contributed by atoms with Gasteiger partial charge in [-0.1, -0.05) is 46.8 Å². The lowest BCUT2D eigenvalue weighted by Gasteiger charge is -2.53. The molecule has 0 aromatic carbocycles. The van der Waals surface area contributed by atoms with Crippen LogP contribution < -0.4 is 0 Å². The molecule has 0 amide bonds. The molecule has 3 nitrogen and oxygen atoms in total. The van der Waals surface area contributed by atoms with Crippen molar-refractivity contribution >= 4 is 5.97 Å². The lowest BCUT2D eigenvalue weighted by atomic mass is 9.54. The van der Waals surface area contributed by atoms with Gasteiger partial charge in [-0.05, 0) is 86.5 Å². The van der Waals surface area contributed by atoms with E-state index in [1.165, 1.54) is 30.4 Å². The van der Waals surface area contributed by atoms with Gasteiger partial charge in [-0.25, -0.2) is 0 Å². The largest absolute Gasteiger partial charge is 0.431 e. The molecule has 0 unspecified atom stereocenters. The number of fused-ring (bicyclic) bond motifs is 4. The molecular weight excluding hydrogens is 372 g/mol. The molecule has 0 spiro atoms. The first-order valence-corrected chi connectivity index (χ1v) is 12.4. The average Bonchev–Trinajstić information content (AvgIpc) is 3.04. The van der Waals surface area contributed by atoms with Gasteiger partial charge in [-0.15, -0.1) is 0 Å². The summed E-state index contributed by atoms with van der Waals surface area (Å²) in [6.45, 7) is 15.9. The highest BCUT2D eigenvalue weighted by Crippen LogP contribution is 2.64. The number of hydrogen-bond donors (Lipinski definition) is 1. The predicted molar refractivity (Wildman–Crippen MR) is 121 cm³/mol. The fourth-order valence-corrected chi connectivity index (χ4v) is 7.51. The highest BCUT2D eigenvalue weighted by molar-refractivity contribution is 5.77. The van der Waals surface area contributed by atoms with Crippen LogP contribution in [0.2, 0.25) is 0 Å². The highest BCUT2D eigenvalue weighted by atomic mass is 16.5. The first-order chi connectivity index (χ1) is 14.1. The summed E-state index contributed by atoms with van der Waals surface area (Å²) in [5, 5.41) is 10.2. The Morgan fingerprint density at radius 3 is 2.60 bits per heavy atom. The van der Waals surface area contributed by atoms with Crippen LogP contribution in [0.5, 0.6) is 0 Å². The van der Waals surface area contributed by atoms with E-state index in [1.807, 2.05) is 0 Å². The number of hydrogen-bond acceptors (Lipinski definition) is 3. The maximum atomic E-state index is 13.0. The van der Waals surface area contributed by atoms with Crippen molar-refractivity contribution in [3.63, 3.8) is 0 Å². The summed E-state index contributed by atoms with van der Waals surface area (Å²) < 4.78 is 6.13. The zero-order chi connectivity index (χ0) is 21.8. The molecule has 2 fully saturated rings. The van der Waals surface area contributed by atoms with Gasteiger partial charge in [0.2, 0.25) is 0 Å². The molecule has 4 rings (SSSR count). The van der Waals surface area contributed by atoms with E-state index in [0.29, 0.717) is 30.1 Å². The zero-order valence-corrected chi connectivity index (χ0v) is 19.8. The van der Waals surface area contributed by atoms with E-state index in [2.05, 4.69) is 41.2 Å². The molecule has 0 aromatic heterocycles. The number of esters is 1. The normalized spacial score (nSPS) is 41.8. The summed E-state index contributed by atoms with van der Waals surface area (Å²) >= 11 is 0. The molecular formula is C27H42O3. The van der Waals surface area contributed by atoms with E-state index in [-0.39, 0.29) is 28.8 Å². The van der Waals surface area contributed by atoms with E-state index in [0.717, 1.165) is 37.9 Å². The molecule has 1 heterocycles. The minimum absolute atomic E-state index is 0.0796. The van der Waals surface area contributed by atoms with Crippen LogP contribution in [0.1, 0.15) is 92.4 Å². The number of carbonyl (C=O) groups is 1. The third-order valence-corrected chi connectivity index (χ3v) is 9.82. The second-order valence-electron chi connectivity index (χ2n) is 11.7. The van der Waals surface area contributed by atoms with Crippen molar-refractivity contribution < 1.29 is 14.6 Å². The van der Waals surface area contributed by atoms with Gasteiger partial charge < -0.3 is 9.84 Å². The Balaban J connectivity index is 1.57. The van der Waals surface area contributed by atoms with Crippen LogP contribution >= 0.6 is 0 Å². The molecule has 1 aliphatic heterocycles. The molecule has 0 aromatic rings. The molecule has 30 heavy (non-hydrogen) atoms. The van der Waals surface area contributed by atoms with Crippen molar-refractivity contribution in [2.75, 3.05) is 0 Å². The standard InChI is InChI=1S/C27H42O3/c1-16(2)17(3)7-8-18(4)20-9-10-21-24-22(12-14-26(20,21)5)27(6)13-11-19(28)15-23(27)25(29)30-24/h16,18-21,23,28H,3,7-15H2,1-2,4-6H3/t18-,19+,20-,21-,23-,26-,27-/m1/s1. The topological polar surface area (TPSA) is 46.5 Å². The van der Waals surface area contributed by atoms with Crippen LogP contribution in [0.3, 0.4) is 0 Å². The Bertz CT molecular complexity index is 749. The quantitative estimate of drug-likeness (QED) is 0.417. The van der Waals surface area contributed by atoms with Gasteiger partial charge in [-0.2, -0.15) is 0 Å². The maximum absolute atomic E-state index is 13.0. The van der Waals surface area contributed by atoms with Crippen molar-refractivity contribution in [1.82, 2.24) is 0 Å². The van der Waals surface area contributed by atoms with Crippen LogP contribution in [-0.2, 0) is 9.53 Å². The SMILES string of the molecule is C=C(CC[C@@H](C)[C@H]1CC[C@@H]2C3=C(CC[C@@]21C)[C@@]1(C)CC[C@H](O)C[C@@H]1C(=O)O3)C(C)C. The van der Waals surface area contributed by atoms with Crippen molar-refractivity contribution in [3.8, 4) is 0 Å². The van der Waals surface area contributed by atoms with E-state index in [9.17, 15) is 9.90 Å². The number of ether oxygens (including phenoxy) is 1. The summed E-state index contributed by atoms with van der Waals surface area (Å²) in [7, 11) is 0. The smallest absolute Gasteiger partial charge is 0.315 e. The Labute approximate surface area is 183 Å². The number of carbonyl (C=O) groups excluding carboxylic acids is 1. The van der Waals surface area contributed by atoms with Gasteiger partial charge in [0.25, 0.3) is 0 Å². The van der Waals surface area contributed by atoms with Gasteiger partial charge in [-0.3, -0.25) is 4.79 Å². The average molecular weight is 415 g/mol. The number of aliphatic hydroxyl groups is 1. The summed E-state index contributed by atoms with van der Waals surface area (Å²) in [4.78, 5) is 13.0.